The Hall–Kier alpha value is -1.08. The normalized spacial score (nSPS) is 11.5. The molecule has 0 aliphatic carbocycles. The van der Waals surface area contributed by atoms with Gasteiger partial charge in [0.25, 0.3) is 0 Å². The monoisotopic (exact) mass is 311 g/mol. The summed E-state index contributed by atoms with van der Waals surface area (Å²) in [6.45, 7) is -2.05. The largest absolute Gasteiger partial charge is 0.411 e. The molecule has 0 aliphatic heterocycles. The number of alkyl halides is 3. The number of ether oxygens (including phenoxy) is 1. The summed E-state index contributed by atoms with van der Waals surface area (Å²) in [7, 11) is 0. The van der Waals surface area contributed by atoms with E-state index in [9.17, 15) is 18.0 Å². The van der Waals surface area contributed by atoms with Gasteiger partial charge in [-0.1, -0.05) is 0 Å². The third-order valence-electron chi connectivity index (χ3n) is 1.82. The molecule has 0 aromatic heterocycles. The molecular weight excluding hydrogens is 303 g/mol. The van der Waals surface area contributed by atoms with E-state index in [2.05, 4.69) is 20.7 Å². The van der Waals surface area contributed by atoms with Gasteiger partial charge in [-0.05, 0) is 34.1 Å². The minimum absolute atomic E-state index is 0.244. The predicted octanol–water partition coefficient (Wildman–Crippen LogP) is 2.79. The fourth-order valence-corrected chi connectivity index (χ4v) is 1.42. The highest BCUT2D eigenvalue weighted by Gasteiger charge is 2.27. The van der Waals surface area contributed by atoms with Crippen LogP contribution in [0.1, 0.15) is 10.4 Å². The lowest BCUT2D eigenvalue weighted by molar-refractivity contribution is -0.170. The number of ketones is 1. The van der Waals surface area contributed by atoms with Crippen molar-refractivity contribution in [1.29, 1.82) is 0 Å². The highest BCUT2D eigenvalue weighted by Crippen LogP contribution is 2.21. The Morgan fingerprint density at radius 1 is 1.41 bits per heavy atom. The van der Waals surface area contributed by atoms with Crippen LogP contribution >= 0.6 is 15.9 Å². The molecule has 17 heavy (non-hydrogen) atoms. The SMILES string of the molecule is Nc1ccc(C(=O)COCC(F)(F)F)cc1Br. The second-order valence-corrected chi connectivity index (χ2v) is 4.12. The summed E-state index contributed by atoms with van der Waals surface area (Å²) < 4.78 is 40.1. The molecule has 2 N–H and O–H groups in total. The molecule has 1 aromatic rings. The quantitative estimate of drug-likeness (QED) is 0.687. The molecular formula is C10H9BrF3NO2. The van der Waals surface area contributed by atoms with Crippen molar-refractivity contribution < 1.29 is 22.7 Å². The van der Waals surface area contributed by atoms with Crippen molar-refractivity contribution in [2.45, 2.75) is 6.18 Å². The van der Waals surface area contributed by atoms with E-state index in [0.717, 1.165) is 0 Å². The second-order valence-electron chi connectivity index (χ2n) is 3.27. The van der Waals surface area contributed by atoms with Gasteiger partial charge in [0.2, 0.25) is 0 Å². The summed E-state index contributed by atoms with van der Waals surface area (Å²) >= 11 is 3.12. The molecule has 0 heterocycles. The van der Waals surface area contributed by atoms with Crippen LogP contribution in [0.25, 0.3) is 0 Å². The first kappa shape index (κ1) is 14.0. The minimum Gasteiger partial charge on any atom is -0.398 e. The Morgan fingerprint density at radius 3 is 2.59 bits per heavy atom. The van der Waals surface area contributed by atoms with Crippen molar-refractivity contribution in [3.8, 4) is 0 Å². The summed E-state index contributed by atoms with van der Waals surface area (Å²) in [6.07, 6.45) is -4.43. The molecule has 0 bridgehead atoms. The summed E-state index contributed by atoms with van der Waals surface area (Å²) in [4.78, 5) is 11.4. The molecule has 1 aromatic carbocycles. The van der Waals surface area contributed by atoms with E-state index >= 15 is 0 Å². The number of hydrogen-bond donors (Lipinski definition) is 1. The molecule has 7 heteroatoms. The number of hydrogen-bond acceptors (Lipinski definition) is 3. The van der Waals surface area contributed by atoms with E-state index in [4.69, 9.17) is 5.73 Å². The molecule has 1 rings (SSSR count). The van der Waals surface area contributed by atoms with Gasteiger partial charge in [-0.3, -0.25) is 4.79 Å². The molecule has 0 spiro atoms. The lowest BCUT2D eigenvalue weighted by atomic mass is 10.1. The summed E-state index contributed by atoms with van der Waals surface area (Å²) in [5.41, 5.74) is 6.19. The molecule has 0 saturated carbocycles. The van der Waals surface area contributed by atoms with Gasteiger partial charge in [0.05, 0.1) is 0 Å². The van der Waals surface area contributed by atoms with E-state index in [-0.39, 0.29) is 5.56 Å². The van der Waals surface area contributed by atoms with Crippen LogP contribution in [0.4, 0.5) is 18.9 Å². The highest BCUT2D eigenvalue weighted by molar-refractivity contribution is 9.10. The molecule has 0 fully saturated rings. The maximum atomic E-state index is 11.8. The minimum atomic E-state index is -4.43. The number of rotatable bonds is 4. The molecule has 0 atom stereocenters. The number of Topliss-reactive ketones (excluding diaryl/α,β-unsaturated/α-hetero) is 1. The Labute approximate surface area is 104 Å². The second kappa shape index (κ2) is 5.50. The summed E-state index contributed by atoms with van der Waals surface area (Å²) in [5, 5.41) is 0. The first-order valence-corrected chi connectivity index (χ1v) is 5.31. The molecule has 0 amide bonds. The van der Waals surface area contributed by atoms with Crippen LogP contribution in [0.3, 0.4) is 0 Å². The lowest BCUT2D eigenvalue weighted by Gasteiger charge is -2.07. The van der Waals surface area contributed by atoms with Gasteiger partial charge < -0.3 is 10.5 Å². The van der Waals surface area contributed by atoms with Crippen LogP contribution in [-0.2, 0) is 4.74 Å². The molecule has 0 saturated heterocycles. The fourth-order valence-electron chi connectivity index (χ4n) is 1.04. The molecule has 0 aliphatic rings. The topological polar surface area (TPSA) is 52.3 Å². The van der Waals surface area contributed by atoms with Crippen molar-refractivity contribution in [3.05, 3.63) is 28.2 Å². The fraction of sp³-hybridized carbons (Fsp3) is 0.300. The molecule has 0 radical (unpaired) electrons. The average Bonchev–Trinajstić information content (AvgIpc) is 2.20. The van der Waals surface area contributed by atoms with Crippen LogP contribution < -0.4 is 5.73 Å². The van der Waals surface area contributed by atoms with Crippen LogP contribution in [-0.4, -0.2) is 25.2 Å². The van der Waals surface area contributed by atoms with Crippen molar-refractivity contribution in [2.75, 3.05) is 18.9 Å². The van der Waals surface area contributed by atoms with E-state index in [1.54, 1.807) is 0 Å². The molecule has 94 valence electrons. The van der Waals surface area contributed by atoms with Gasteiger partial charge in [-0.25, -0.2) is 0 Å². The van der Waals surface area contributed by atoms with Gasteiger partial charge in [0.15, 0.2) is 5.78 Å². The summed E-state index contributed by atoms with van der Waals surface area (Å²) in [5.74, 6) is -0.532. The van der Waals surface area contributed by atoms with Gasteiger partial charge in [-0.2, -0.15) is 13.2 Å². The number of nitrogen functional groups attached to an aromatic ring is 1. The number of benzene rings is 1. The maximum absolute atomic E-state index is 11.8. The third kappa shape index (κ3) is 4.74. The van der Waals surface area contributed by atoms with Crippen molar-refractivity contribution in [3.63, 3.8) is 0 Å². The zero-order valence-corrected chi connectivity index (χ0v) is 10.1. The number of nitrogens with two attached hydrogens (primary N) is 1. The third-order valence-corrected chi connectivity index (χ3v) is 2.51. The van der Waals surface area contributed by atoms with E-state index in [1.807, 2.05) is 0 Å². The highest BCUT2D eigenvalue weighted by atomic mass is 79.9. The van der Waals surface area contributed by atoms with E-state index in [1.165, 1.54) is 18.2 Å². The van der Waals surface area contributed by atoms with E-state index in [0.29, 0.717) is 10.2 Å². The Bertz CT molecular complexity index is 421. The zero-order chi connectivity index (χ0) is 13.1. The number of halogens is 4. The van der Waals surface area contributed by atoms with Crippen molar-refractivity contribution >= 4 is 27.4 Å². The lowest BCUT2D eigenvalue weighted by Crippen LogP contribution is -2.20. The van der Waals surface area contributed by atoms with Crippen molar-refractivity contribution in [2.24, 2.45) is 0 Å². The standard InChI is InChI=1S/C10H9BrF3NO2/c11-7-3-6(1-2-8(7)15)9(16)4-17-5-10(12,13)14/h1-3H,4-5,15H2. The first-order valence-electron chi connectivity index (χ1n) is 4.52. The first-order chi connectivity index (χ1) is 7.79. The van der Waals surface area contributed by atoms with Crippen molar-refractivity contribution in [1.82, 2.24) is 0 Å². The summed E-state index contributed by atoms with van der Waals surface area (Å²) in [6, 6.07) is 4.36. The van der Waals surface area contributed by atoms with Crippen LogP contribution in [0.15, 0.2) is 22.7 Å². The Morgan fingerprint density at radius 2 is 2.06 bits per heavy atom. The molecule has 0 unspecified atom stereocenters. The van der Waals surface area contributed by atoms with Crippen LogP contribution in [0.5, 0.6) is 0 Å². The van der Waals surface area contributed by atoms with E-state index < -0.39 is 25.2 Å². The Balaban J connectivity index is 2.56. The number of anilines is 1. The van der Waals surface area contributed by atoms with Crippen LogP contribution in [0, 0.1) is 0 Å². The Kier molecular flexibility index (Phi) is 4.53. The van der Waals surface area contributed by atoms with Crippen LogP contribution in [0.2, 0.25) is 0 Å². The predicted molar refractivity (Wildman–Crippen MR) is 59.8 cm³/mol. The molecule has 3 nitrogen and oxygen atoms in total. The zero-order valence-electron chi connectivity index (χ0n) is 8.55. The number of carbonyl (C=O) groups is 1. The van der Waals surface area contributed by atoms with Gasteiger partial charge >= 0.3 is 6.18 Å². The maximum Gasteiger partial charge on any atom is 0.411 e. The smallest absolute Gasteiger partial charge is 0.398 e. The van der Waals surface area contributed by atoms with Gasteiger partial charge in [0.1, 0.15) is 13.2 Å². The van der Waals surface area contributed by atoms with Gasteiger partial charge in [-0.15, -0.1) is 0 Å². The average molecular weight is 312 g/mol. The van der Waals surface area contributed by atoms with Gasteiger partial charge in [0, 0.05) is 15.7 Å². The number of carbonyl (C=O) groups excluding carboxylic acids is 1.